The van der Waals surface area contributed by atoms with Gasteiger partial charge in [0.25, 0.3) is 0 Å². The van der Waals surface area contributed by atoms with Crippen LogP contribution in [-0.4, -0.2) is 17.7 Å². The molecular formula is C17H19FN2O2S. The van der Waals surface area contributed by atoms with Gasteiger partial charge in [-0.3, -0.25) is 0 Å². The summed E-state index contributed by atoms with van der Waals surface area (Å²) in [5, 5.41) is 18.3. The minimum absolute atomic E-state index is 0.188. The van der Waals surface area contributed by atoms with Gasteiger partial charge in [-0.15, -0.1) is 11.3 Å². The molecule has 0 radical (unpaired) electrons. The minimum atomic E-state index is -0.985. The lowest BCUT2D eigenvalue weighted by atomic mass is 9.96. The Kier molecular flexibility index (Phi) is 4.63. The maximum Gasteiger partial charge on any atom is 0.315 e. The molecule has 1 saturated carbocycles. The number of amides is 2. The van der Waals surface area contributed by atoms with E-state index in [0.717, 1.165) is 23.3 Å². The zero-order valence-corrected chi connectivity index (χ0v) is 13.4. The van der Waals surface area contributed by atoms with Gasteiger partial charge in [0.2, 0.25) is 0 Å². The molecule has 0 spiro atoms. The molecule has 122 valence electrons. The summed E-state index contributed by atoms with van der Waals surface area (Å²) in [4.78, 5) is 12.8. The number of nitrogens with one attached hydrogen (secondary N) is 2. The SMILES string of the molecule is O=C(NCc1ccc(F)cc1)NC[C@](O)(c1cccs1)C1CC1. The second kappa shape index (κ2) is 6.68. The molecule has 4 nitrogen and oxygen atoms in total. The van der Waals surface area contributed by atoms with Crippen LogP contribution in [0.5, 0.6) is 0 Å². The summed E-state index contributed by atoms with van der Waals surface area (Å²) >= 11 is 1.50. The van der Waals surface area contributed by atoms with E-state index >= 15 is 0 Å². The van der Waals surface area contributed by atoms with Crippen LogP contribution in [-0.2, 0) is 12.1 Å². The van der Waals surface area contributed by atoms with Crippen molar-refractivity contribution in [2.75, 3.05) is 6.54 Å². The average molecular weight is 334 g/mol. The molecule has 3 rings (SSSR count). The van der Waals surface area contributed by atoms with Gasteiger partial charge in [-0.05, 0) is 47.9 Å². The zero-order chi connectivity index (χ0) is 16.3. The molecule has 3 N–H and O–H groups in total. The molecule has 2 amide bonds. The van der Waals surface area contributed by atoms with Crippen molar-refractivity contribution in [3.05, 3.63) is 58.0 Å². The molecule has 6 heteroatoms. The fraction of sp³-hybridized carbons (Fsp3) is 0.353. The highest BCUT2D eigenvalue weighted by atomic mass is 32.1. The maximum atomic E-state index is 12.8. The van der Waals surface area contributed by atoms with Crippen LogP contribution in [0, 0.1) is 11.7 Å². The minimum Gasteiger partial charge on any atom is -0.382 e. The van der Waals surface area contributed by atoms with Crippen molar-refractivity contribution in [1.82, 2.24) is 10.6 Å². The molecule has 2 aromatic rings. The summed E-state index contributed by atoms with van der Waals surface area (Å²) in [5.74, 6) is -0.0952. The van der Waals surface area contributed by atoms with Crippen molar-refractivity contribution in [3.63, 3.8) is 0 Å². The predicted octanol–water partition coefficient (Wildman–Crippen LogP) is 2.98. The topological polar surface area (TPSA) is 61.4 Å². The number of carbonyl (C=O) groups excluding carboxylic acids is 1. The van der Waals surface area contributed by atoms with E-state index in [1.54, 1.807) is 12.1 Å². The summed E-state index contributed by atoms with van der Waals surface area (Å²) in [6.07, 6.45) is 1.96. The molecule has 1 atom stereocenters. The van der Waals surface area contributed by atoms with E-state index in [0.29, 0.717) is 6.54 Å². The van der Waals surface area contributed by atoms with Gasteiger partial charge in [-0.25, -0.2) is 9.18 Å². The number of carbonyl (C=O) groups is 1. The number of aliphatic hydroxyl groups is 1. The summed E-state index contributed by atoms with van der Waals surface area (Å²) in [6.45, 7) is 0.500. The Hall–Kier alpha value is -1.92. The lowest BCUT2D eigenvalue weighted by molar-refractivity contribution is 0.0196. The van der Waals surface area contributed by atoms with Crippen LogP contribution < -0.4 is 10.6 Å². The Morgan fingerprint density at radius 1 is 1.26 bits per heavy atom. The Labute approximate surface area is 138 Å². The molecule has 0 saturated heterocycles. The lowest BCUT2D eigenvalue weighted by Crippen LogP contribution is -2.45. The molecular weight excluding hydrogens is 315 g/mol. The lowest BCUT2D eigenvalue weighted by Gasteiger charge is -2.27. The number of halogens is 1. The van der Waals surface area contributed by atoms with Crippen LogP contribution >= 0.6 is 11.3 Å². The van der Waals surface area contributed by atoms with E-state index < -0.39 is 5.60 Å². The van der Waals surface area contributed by atoms with Gasteiger partial charge in [0, 0.05) is 11.4 Å². The van der Waals surface area contributed by atoms with Crippen molar-refractivity contribution in [2.45, 2.75) is 25.0 Å². The largest absolute Gasteiger partial charge is 0.382 e. The monoisotopic (exact) mass is 334 g/mol. The molecule has 23 heavy (non-hydrogen) atoms. The third-order valence-electron chi connectivity index (χ3n) is 4.09. The molecule has 0 aliphatic heterocycles. The summed E-state index contributed by atoms with van der Waals surface area (Å²) in [7, 11) is 0. The number of urea groups is 1. The van der Waals surface area contributed by atoms with E-state index in [2.05, 4.69) is 10.6 Å². The van der Waals surface area contributed by atoms with E-state index in [-0.39, 0.29) is 24.3 Å². The van der Waals surface area contributed by atoms with E-state index in [4.69, 9.17) is 0 Å². The van der Waals surface area contributed by atoms with Crippen molar-refractivity contribution in [2.24, 2.45) is 5.92 Å². The highest BCUT2D eigenvalue weighted by Gasteiger charge is 2.45. The van der Waals surface area contributed by atoms with Gasteiger partial charge in [0.1, 0.15) is 11.4 Å². The highest BCUT2D eigenvalue weighted by molar-refractivity contribution is 7.10. The van der Waals surface area contributed by atoms with Gasteiger partial charge < -0.3 is 15.7 Å². The molecule has 1 aliphatic rings. The summed E-state index contributed by atoms with van der Waals surface area (Å²) in [6, 6.07) is 9.44. The Morgan fingerprint density at radius 3 is 2.61 bits per heavy atom. The number of benzene rings is 1. The van der Waals surface area contributed by atoms with Crippen molar-refractivity contribution < 1.29 is 14.3 Å². The Bertz CT molecular complexity index is 656. The number of rotatable bonds is 6. The normalized spacial score (nSPS) is 16.6. The van der Waals surface area contributed by atoms with Crippen LogP contribution in [0.1, 0.15) is 23.3 Å². The molecule has 1 aromatic heterocycles. The van der Waals surface area contributed by atoms with Gasteiger partial charge in [0.05, 0.1) is 6.54 Å². The van der Waals surface area contributed by atoms with E-state index in [1.165, 1.54) is 23.5 Å². The first-order valence-corrected chi connectivity index (χ1v) is 8.48. The van der Waals surface area contributed by atoms with Crippen molar-refractivity contribution in [3.8, 4) is 0 Å². The van der Waals surface area contributed by atoms with Crippen LogP contribution in [0.25, 0.3) is 0 Å². The van der Waals surface area contributed by atoms with Crippen LogP contribution in [0.4, 0.5) is 9.18 Å². The third-order valence-corrected chi connectivity index (χ3v) is 5.12. The standard InChI is InChI=1S/C17H19FN2O2S/c18-14-7-3-12(4-8-14)10-19-16(21)20-11-17(22,13-5-6-13)15-2-1-9-23-15/h1-4,7-9,13,22H,5-6,10-11H2,(H2,19,20,21)/t17-/m1/s1. The van der Waals surface area contributed by atoms with Gasteiger partial charge >= 0.3 is 6.03 Å². The Morgan fingerprint density at radius 2 is 2.00 bits per heavy atom. The van der Waals surface area contributed by atoms with E-state index in [9.17, 15) is 14.3 Å². The molecule has 0 bridgehead atoms. The summed E-state index contributed by atoms with van der Waals surface area (Å²) < 4.78 is 12.8. The second-order valence-corrected chi connectivity index (χ2v) is 6.79. The number of thiophene rings is 1. The molecule has 1 fully saturated rings. The van der Waals surface area contributed by atoms with E-state index in [1.807, 2.05) is 17.5 Å². The van der Waals surface area contributed by atoms with Crippen molar-refractivity contribution in [1.29, 1.82) is 0 Å². The van der Waals surface area contributed by atoms with Crippen molar-refractivity contribution >= 4 is 17.4 Å². The fourth-order valence-electron chi connectivity index (χ4n) is 2.58. The second-order valence-electron chi connectivity index (χ2n) is 5.84. The molecule has 1 heterocycles. The first kappa shape index (κ1) is 16.0. The molecule has 1 aromatic carbocycles. The molecule has 1 aliphatic carbocycles. The summed E-state index contributed by atoms with van der Waals surface area (Å²) in [5.41, 5.74) is -0.168. The fourth-order valence-corrected chi connectivity index (χ4v) is 3.48. The van der Waals surface area contributed by atoms with Gasteiger partial charge in [0.15, 0.2) is 0 Å². The first-order chi connectivity index (χ1) is 11.1. The quantitative estimate of drug-likeness (QED) is 0.760. The Balaban J connectivity index is 1.52. The van der Waals surface area contributed by atoms with Crippen LogP contribution in [0.2, 0.25) is 0 Å². The highest BCUT2D eigenvalue weighted by Crippen LogP contribution is 2.46. The zero-order valence-electron chi connectivity index (χ0n) is 12.6. The number of hydrogen-bond acceptors (Lipinski definition) is 3. The first-order valence-electron chi connectivity index (χ1n) is 7.60. The predicted molar refractivity (Wildman–Crippen MR) is 87.6 cm³/mol. The van der Waals surface area contributed by atoms with Crippen LogP contribution in [0.15, 0.2) is 41.8 Å². The average Bonchev–Trinajstić information content (AvgIpc) is 3.27. The smallest absolute Gasteiger partial charge is 0.315 e. The third kappa shape index (κ3) is 3.89. The van der Waals surface area contributed by atoms with Gasteiger partial charge in [-0.1, -0.05) is 18.2 Å². The van der Waals surface area contributed by atoms with Crippen LogP contribution in [0.3, 0.4) is 0 Å². The number of hydrogen-bond donors (Lipinski definition) is 3. The van der Waals surface area contributed by atoms with Gasteiger partial charge in [-0.2, -0.15) is 0 Å². The molecule has 0 unspecified atom stereocenters. The maximum absolute atomic E-state index is 12.8.